The number of rotatable bonds is 6. The lowest BCUT2D eigenvalue weighted by Gasteiger charge is -2.36. The second-order valence-corrected chi connectivity index (χ2v) is 8.53. The number of hydrogen-bond acceptors (Lipinski definition) is 4. The highest BCUT2D eigenvalue weighted by atomic mass is 16.5. The van der Waals surface area contributed by atoms with E-state index in [4.69, 9.17) is 9.84 Å². The average Bonchev–Trinajstić information content (AvgIpc) is 2.86. The van der Waals surface area contributed by atoms with Crippen molar-refractivity contribution in [1.29, 1.82) is 0 Å². The number of benzene rings is 1. The highest BCUT2D eigenvalue weighted by molar-refractivity contribution is 5.27. The Morgan fingerprint density at radius 2 is 1.82 bits per heavy atom. The molecule has 3 fully saturated rings. The second kappa shape index (κ2) is 8.26. The van der Waals surface area contributed by atoms with Crippen molar-refractivity contribution in [3.8, 4) is 5.75 Å². The predicted octanol–water partition coefficient (Wildman–Crippen LogP) is 3.62. The number of aryl methyl sites for hydroxylation is 2. The van der Waals surface area contributed by atoms with Crippen LogP contribution < -0.4 is 4.74 Å². The molecular weight excluding hydrogens is 348 g/mol. The Morgan fingerprint density at radius 1 is 1.04 bits per heavy atom. The largest absolute Gasteiger partial charge is 0.497 e. The van der Waals surface area contributed by atoms with Gasteiger partial charge in [-0.25, -0.2) is 0 Å². The van der Waals surface area contributed by atoms with Crippen LogP contribution in [0.1, 0.15) is 42.3 Å². The van der Waals surface area contributed by atoms with Crippen LogP contribution in [-0.4, -0.2) is 52.4 Å². The summed E-state index contributed by atoms with van der Waals surface area (Å²) in [6, 6.07) is 9.21. The number of piperidine rings is 1. The standard InChI is InChI=1S/C23H34N4O/c1-5-27-18(3)23(17(2)24-27)16-26-14-20-6-9-21(26)15-25(13-20)12-19-7-10-22(28-4)11-8-19/h7-8,10-11,20-21H,5-6,9,12-16H2,1-4H3/t20-,21+/m0/s1. The Hall–Kier alpha value is -1.85. The summed E-state index contributed by atoms with van der Waals surface area (Å²) in [7, 11) is 1.73. The zero-order chi connectivity index (χ0) is 19.7. The molecule has 0 amide bonds. The molecule has 1 aromatic carbocycles. The van der Waals surface area contributed by atoms with Gasteiger partial charge in [-0.15, -0.1) is 0 Å². The van der Waals surface area contributed by atoms with Crippen molar-refractivity contribution in [2.24, 2.45) is 5.92 Å². The van der Waals surface area contributed by atoms with Crippen LogP contribution in [0.5, 0.6) is 5.75 Å². The first kappa shape index (κ1) is 19.5. The van der Waals surface area contributed by atoms with E-state index in [1.165, 1.54) is 55.0 Å². The molecule has 5 nitrogen and oxygen atoms in total. The van der Waals surface area contributed by atoms with Gasteiger partial charge in [0.1, 0.15) is 5.75 Å². The zero-order valence-corrected chi connectivity index (χ0v) is 17.8. The predicted molar refractivity (Wildman–Crippen MR) is 113 cm³/mol. The zero-order valence-electron chi connectivity index (χ0n) is 17.8. The van der Waals surface area contributed by atoms with Gasteiger partial charge >= 0.3 is 0 Å². The van der Waals surface area contributed by atoms with E-state index in [2.05, 4.69) is 59.5 Å². The van der Waals surface area contributed by atoms with Crippen molar-refractivity contribution >= 4 is 0 Å². The highest BCUT2D eigenvalue weighted by Crippen LogP contribution is 2.31. The molecule has 5 heteroatoms. The fourth-order valence-corrected chi connectivity index (χ4v) is 5.06. The number of hydrogen-bond donors (Lipinski definition) is 0. The van der Waals surface area contributed by atoms with Crippen LogP contribution in [0, 0.1) is 19.8 Å². The molecule has 4 heterocycles. The molecule has 3 aliphatic rings. The van der Waals surface area contributed by atoms with Crippen LogP contribution in [0.4, 0.5) is 0 Å². The van der Waals surface area contributed by atoms with Crippen LogP contribution in [0.25, 0.3) is 0 Å². The average molecular weight is 383 g/mol. The highest BCUT2D eigenvalue weighted by Gasteiger charge is 2.35. The second-order valence-electron chi connectivity index (χ2n) is 8.53. The SMILES string of the molecule is CCn1nc(C)c(CN2C[C@H]3CC[C@@H]2CN(Cc2ccc(OC)cc2)C3)c1C. The number of methoxy groups -OCH3 is 1. The van der Waals surface area contributed by atoms with Gasteiger partial charge in [-0.1, -0.05) is 12.1 Å². The van der Waals surface area contributed by atoms with Gasteiger partial charge in [-0.2, -0.15) is 5.10 Å². The normalized spacial score (nSPS) is 23.1. The molecule has 28 heavy (non-hydrogen) atoms. The van der Waals surface area contributed by atoms with E-state index in [0.717, 1.165) is 31.3 Å². The molecule has 0 radical (unpaired) electrons. The van der Waals surface area contributed by atoms with Crippen LogP contribution in [0.15, 0.2) is 24.3 Å². The summed E-state index contributed by atoms with van der Waals surface area (Å²) >= 11 is 0. The van der Waals surface area contributed by atoms with Crippen LogP contribution in [0.3, 0.4) is 0 Å². The van der Waals surface area contributed by atoms with Crippen LogP contribution >= 0.6 is 0 Å². The van der Waals surface area contributed by atoms with Crippen molar-refractivity contribution in [2.45, 2.75) is 59.3 Å². The smallest absolute Gasteiger partial charge is 0.118 e. The molecule has 0 saturated carbocycles. The molecule has 3 aliphatic heterocycles. The molecule has 5 rings (SSSR count). The maximum atomic E-state index is 5.30. The first-order valence-electron chi connectivity index (χ1n) is 10.7. The summed E-state index contributed by atoms with van der Waals surface area (Å²) in [4.78, 5) is 5.40. The minimum atomic E-state index is 0.653. The molecule has 2 bridgehead atoms. The summed E-state index contributed by atoms with van der Waals surface area (Å²) in [5.41, 5.74) is 5.37. The summed E-state index contributed by atoms with van der Waals surface area (Å²) in [5.74, 6) is 1.71. The maximum absolute atomic E-state index is 5.30. The fourth-order valence-electron chi connectivity index (χ4n) is 5.06. The van der Waals surface area contributed by atoms with Crippen LogP contribution in [0.2, 0.25) is 0 Å². The maximum Gasteiger partial charge on any atom is 0.118 e. The molecule has 2 atom stereocenters. The number of nitrogens with zero attached hydrogens (tertiary/aromatic N) is 4. The van der Waals surface area contributed by atoms with E-state index in [1.54, 1.807) is 7.11 Å². The Labute approximate surface area is 169 Å². The topological polar surface area (TPSA) is 33.5 Å². The fraction of sp³-hybridized carbons (Fsp3) is 0.609. The lowest BCUT2D eigenvalue weighted by Crippen LogP contribution is -2.43. The van der Waals surface area contributed by atoms with E-state index in [1.807, 2.05) is 0 Å². The van der Waals surface area contributed by atoms with Crippen molar-refractivity contribution in [1.82, 2.24) is 19.6 Å². The lowest BCUT2D eigenvalue weighted by molar-refractivity contribution is 0.122. The molecule has 1 aromatic heterocycles. The Morgan fingerprint density at radius 3 is 2.50 bits per heavy atom. The van der Waals surface area contributed by atoms with Gasteiger partial charge in [-0.3, -0.25) is 14.5 Å². The molecule has 3 saturated heterocycles. The third kappa shape index (κ3) is 3.96. The minimum Gasteiger partial charge on any atom is -0.497 e. The van der Waals surface area contributed by atoms with Crippen molar-refractivity contribution in [3.63, 3.8) is 0 Å². The molecule has 0 spiro atoms. The first-order chi connectivity index (χ1) is 13.6. The van der Waals surface area contributed by atoms with Gasteiger partial charge < -0.3 is 4.74 Å². The van der Waals surface area contributed by atoms with Gasteiger partial charge in [0.05, 0.1) is 12.8 Å². The van der Waals surface area contributed by atoms with E-state index in [9.17, 15) is 0 Å². The number of fused-ring (bicyclic) bond motifs is 4. The first-order valence-corrected chi connectivity index (χ1v) is 10.7. The summed E-state index contributed by atoms with van der Waals surface area (Å²) in [6.45, 7) is 13.2. The van der Waals surface area contributed by atoms with Crippen molar-refractivity contribution in [2.75, 3.05) is 26.7 Å². The van der Waals surface area contributed by atoms with Gasteiger partial charge in [0.2, 0.25) is 0 Å². The molecule has 0 unspecified atom stereocenters. The van der Waals surface area contributed by atoms with Gasteiger partial charge in [0, 0.05) is 56.6 Å². The molecule has 0 aliphatic carbocycles. The van der Waals surface area contributed by atoms with E-state index in [-0.39, 0.29) is 0 Å². The molecule has 0 N–H and O–H groups in total. The minimum absolute atomic E-state index is 0.653. The molecule has 152 valence electrons. The van der Waals surface area contributed by atoms with E-state index in [0.29, 0.717) is 6.04 Å². The number of aromatic nitrogens is 2. The summed E-state index contributed by atoms with van der Waals surface area (Å²) in [5, 5.41) is 4.73. The number of ether oxygens (including phenoxy) is 1. The monoisotopic (exact) mass is 382 g/mol. The van der Waals surface area contributed by atoms with E-state index >= 15 is 0 Å². The lowest BCUT2D eigenvalue weighted by atomic mass is 9.94. The van der Waals surface area contributed by atoms with Gasteiger partial charge in [0.15, 0.2) is 0 Å². The van der Waals surface area contributed by atoms with Crippen molar-refractivity contribution < 1.29 is 4.74 Å². The molecular formula is C23H34N4O. The van der Waals surface area contributed by atoms with Gasteiger partial charge in [0.25, 0.3) is 0 Å². The Bertz CT molecular complexity index is 798. The third-order valence-corrected chi connectivity index (χ3v) is 6.66. The summed E-state index contributed by atoms with van der Waals surface area (Å²) in [6.07, 6.45) is 2.69. The Kier molecular flexibility index (Phi) is 5.74. The van der Waals surface area contributed by atoms with Crippen LogP contribution in [-0.2, 0) is 19.6 Å². The third-order valence-electron chi connectivity index (χ3n) is 6.66. The Balaban J connectivity index is 1.45. The summed E-state index contributed by atoms with van der Waals surface area (Å²) < 4.78 is 7.45. The molecule has 2 aromatic rings. The quantitative estimate of drug-likeness (QED) is 0.764. The van der Waals surface area contributed by atoms with Gasteiger partial charge in [-0.05, 0) is 57.2 Å². The van der Waals surface area contributed by atoms with Crippen molar-refractivity contribution in [3.05, 3.63) is 46.8 Å². The van der Waals surface area contributed by atoms with E-state index < -0.39 is 0 Å².